The van der Waals surface area contributed by atoms with Gasteiger partial charge in [0, 0.05) is 18.6 Å². The highest BCUT2D eigenvalue weighted by atomic mass is 32.2. The van der Waals surface area contributed by atoms with E-state index in [4.69, 9.17) is 33.3 Å². The fraction of sp³-hybridized carbons (Fsp3) is 0.633. The lowest BCUT2D eigenvalue weighted by Gasteiger charge is -2.36. The minimum Gasteiger partial charge on any atom is -0.543 e. The molecule has 3 aromatic rings. The Labute approximate surface area is 256 Å². The van der Waals surface area contributed by atoms with Crippen molar-refractivity contribution < 1.29 is 31.6 Å². The molecule has 11 nitrogen and oxygen atoms in total. The van der Waals surface area contributed by atoms with Crippen LogP contribution in [-0.4, -0.2) is 72.7 Å². The van der Waals surface area contributed by atoms with Crippen LogP contribution >= 0.6 is 0 Å². The third-order valence-corrected chi connectivity index (χ3v) is 13.4. The molecule has 3 atom stereocenters. The standard InChI is InChI=1S/C30H46N4O7SSi/c1-21(20-42(35,36)37)13-15-38-19-22(2)40-27-18-31-17-25(32-27)29-24-16-23(41-43(6,7)30(3,4)5)11-12-26(24)34(33-29)28-10-8-9-14-39-28/h11-12,16-18,21-22,28H,8-10,13-15,19-20H2,1-7H3,(H,35,36,37)/t21-,22+,28?/m1/s1. The maximum atomic E-state index is 11.0. The van der Waals surface area contributed by atoms with Gasteiger partial charge >= 0.3 is 0 Å². The van der Waals surface area contributed by atoms with Crippen LogP contribution in [0.5, 0.6) is 11.6 Å². The van der Waals surface area contributed by atoms with Crippen LogP contribution in [0.4, 0.5) is 0 Å². The summed E-state index contributed by atoms with van der Waals surface area (Å²) < 4.78 is 57.5. The second kappa shape index (κ2) is 13.6. The summed E-state index contributed by atoms with van der Waals surface area (Å²) in [6.07, 6.45) is 6.28. The molecule has 0 radical (unpaired) electrons. The summed E-state index contributed by atoms with van der Waals surface area (Å²) in [5.41, 5.74) is 2.20. The topological polar surface area (TPSA) is 135 Å². The van der Waals surface area contributed by atoms with E-state index in [2.05, 4.69) is 44.9 Å². The minimum atomic E-state index is -3.99. The first-order valence-electron chi connectivity index (χ1n) is 15.0. The number of ether oxygens (including phenoxy) is 3. The number of nitrogens with zero attached hydrogens (tertiary/aromatic N) is 4. The van der Waals surface area contributed by atoms with E-state index in [9.17, 15) is 8.42 Å². The number of aromatic nitrogens is 4. The molecule has 1 aliphatic heterocycles. The van der Waals surface area contributed by atoms with E-state index in [0.717, 1.165) is 35.9 Å². The van der Waals surface area contributed by atoms with Gasteiger partial charge in [0.15, 0.2) is 6.23 Å². The molecule has 3 heterocycles. The fourth-order valence-electron chi connectivity index (χ4n) is 4.69. The first kappa shape index (κ1) is 33.3. The molecule has 0 bridgehead atoms. The summed E-state index contributed by atoms with van der Waals surface area (Å²) in [7, 11) is -6.06. The summed E-state index contributed by atoms with van der Waals surface area (Å²) in [4.78, 5) is 9.15. The van der Waals surface area contributed by atoms with E-state index < -0.39 is 18.4 Å². The zero-order valence-corrected chi connectivity index (χ0v) is 28.2. The van der Waals surface area contributed by atoms with Gasteiger partial charge in [-0.3, -0.25) is 9.54 Å². The van der Waals surface area contributed by atoms with E-state index in [1.165, 1.54) is 0 Å². The summed E-state index contributed by atoms with van der Waals surface area (Å²) >= 11 is 0. The molecular weight excluding hydrogens is 589 g/mol. The molecule has 0 aliphatic carbocycles. The molecule has 4 rings (SSSR count). The number of fused-ring (bicyclic) bond motifs is 1. The summed E-state index contributed by atoms with van der Waals surface area (Å²) in [6.45, 7) is 16.1. The number of hydrogen-bond acceptors (Lipinski definition) is 9. The smallest absolute Gasteiger partial charge is 0.265 e. The van der Waals surface area contributed by atoms with Gasteiger partial charge in [0.1, 0.15) is 23.2 Å². The molecule has 1 fully saturated rings. The third-order valence-electron chi connectivity index (χ3n) is 8.06. The zero-order valence-electron chi connectivity index (χ0n) is 26.4. The van der Waals surface area contributed by atoms with Crippen molar-refractivity contribution in [3.63, 3.8) is 0 Å². The van der Waals surface area contributed by atoms with Crippen LogP contribution < -0.4 is 9.16 Å². The van der Waals surface area contributed by atoms with Gasteiger partial charge in [-0.1, -0.05) is 27.7 Å². The molecular formula is C30H46N4O7SSi. The lowest BCUT2D eigenvalue weighted by Crippen LogP contribution is -2.43. The number of rotatable bonds is 13. The lowest BCUT2D eigenvalue weighted by molar-refractivity contribution is -0.0365. The maximum Gasteiger partial charge on any atom is 0.265 e. The second-order valence-corrected chi connectivity index (χ2v) is 19.3. The molecule has 2 aromatic heterocycles. The molecule has 238 valence electrons. The second-order valence-electron chi connectivity index (χ2n) is 13.0. The van der Waals surface area contributed by atoms with Gasteiger partial charge in [0.2, 0.25) is 14.2 Å². The Balaban J connectivity index is 1.54. The quantitative estimate of drug-likeness (QED) is 0.130. The molecule has 13 heteroatoms. The van der Waals surface area contributed by atoms with Gasteiger partial charge < -0.3 is 18.6 Å². The zero-order chi connectivity index (χ0) is 31.4. The van der Waals surface area contributed by atoms with Crippen molar-refractivity contribution in [3.05, 3.63) is 30.6 Å². The third kappa shape index (κ3) is 8.97. The molecule has 1 aliphatic rings. The lowest BCUT2D eigenvalue weighted by atomic mass is 10.1. The van der Waals surface area contributed by atoms with Crippen molar-refractivity contribution in [2.75, 3.05) is 25.6 Å². The van der Waals surface area contributed by atoms with Gasteiger partial charge in [-0.2, -0.15) is 13.5 Å². The molecule has 1 unspecified atom stereocenters. The minimum absolute atomic E-state index is 0.0563. The molecule has 1 aromatic carbocycles. The van der Waals surface area contributed by atoms with Crippen molar-refractivity contribution in [1.29, 1.82) is 0 Å². The Bertz CT molecular complexity index is 1480. The van der Waals surface area contributed by atoms with Crippen molar-refractivity contribution in [2.24, 2.45) is 5.92 Å². The van der Waals surface area contributed by atoms with Crippen LogP contribution in [0.25, 0.3) is 22.3 Å². The van der Waals surface area contributed by atoms with Gasteiger partial charge in [-0.25, -0.2) is 9.67 Å². The predicted molar refractivity (Wildman–Crippen MR) is 169 cm³/mol. The van der Waals surface area contributed by atoms with E-state index in [1.54, 1.807) is 19.3 Å². The van der Waals surface area contributed by atoms with E-state index in [0.29, 0.717) is 36.9 Å². The summed E-state index contributed by atoms with van der Waals surface area (Å²) in [5.74, 6) is 0.654. The Morgan fingerprint density at radius 1 is 1.19 bits per heavy atom. The van der Waals surface area contributed by atoms with Crippen molar-refractivity contribution in [3.8, 4) is 23.0 Å². The summed E-state index contributed by atoms with van der Waals surface area (Å²) in [5, 5.41) is 5.96. The van der Waals surface area contributed by atoms with Gasteiger partial charge in [-0.15, -0.1) is 0 Å². The van der Waals surface area contributed by atoms with Crippen molar-refractivity contribution >= 4 is 29.3 Å². The first-order valence-corrected chi connectivity index (χ1v) is 19.5. The van der Waals surface area contributed by atoms with Crippen LogP contribution in [0.3, 0.4) is 0 Å². The van der Waals surface area contributed by atoms with Crippen LogP contribution in [-0.2, 0) is 19.6 Å². The monoisotopic (exact) mass is 634 g/mol. The first-order chi connectivity index (χ1) is 20.1. The van der Waals surface area contributed by atoms with Crippen molar-refractivity contribution in [2.45, 2.75) is 90.8 Å². The highest BCUT2D eigenvalue weighted by Gasteiger charge is 2.39. The molecule has 1 saturated heterocycles. The Morgan fingerprint density at radius 3 is 2.63 bits per heavy atom. The molecule has 0 amide bonds. The molecule has 0 spiro atoms. The van der Waals surface area contributed by atoms with Gasteiger partial charge in [0.25, 0.3) is 10.1 Å². The van der Waals surface area contributed by atoms with Crippen LogP contribution in [0.15, 0.2) is 30.6 Å². The van der Waals surface area contributed by atoms with Gasteiger partial charge in [-0.05, 0) is 74.9 Å². The predicted octanol–water partition coefficient (Wildman–Crippen LogP) is 6.27. The Hall–Kier alpha value is -2.58. The van der Waals surface area contributed by atoms with E-state index >= 15 is 0 Å². The largest absolute Gasteiger partial charge is 0.543 e. The molecule has 1 N–H and O–H groups in total. The van der Waals surface area contributed by atoms with Crippen LogP contribution in [0.2, 0.25) is 18.1 Å². The SMILES string of the molecule is C[C@H](CCOC[C@H](C)Oc1cncc(-c2nn(C3CCCCO3)c3ccc(O[Si](C)(C)C(C)(C)C)cc23)n1)CS(=O)(=O)O. The Kier molecular flexibility index (Phi) is 10.5. The molecule has 0 saturated carbocycles. The van der Waals surface area contributed by atoms with Gasteiger partial charge in [0.05, 0.1) is 30.3 Å². The molecule has 43 heavy (non-hydrogen) atoms. The fourth-order valence-corrected chi connectivity index (χ4v) is 6.60. The normalized spacial score (nSPS) is 18.0. The average Bonchev–Trinajstić information content (AvgIpc) is 3.29. The number of benzene rings is 1. The van der Waals surface area contributed by atoms with Crippen LogP contribution in [0.1, 0.15) is 66.5 Å². The highest BCUT2D eigenvalue weighted by molar-refractivity contribution is 7.85. The maximum absolute atomic E-state index is 11.0. The highest BCUT2D eigenvalue weighted by Crippen LogP contribution is 2.39. The van der Waals surface area contributed by atoms with E-state index in [1.807, 2.05) is 23.7 Å². The average molecular weight is 635 g/mol. The van der Waals surface area contributed by atoms with Crippen LogP contribution in [0, 0.1) is 5.92 Å². The van der Waals surface area contributed by atoms with Crippen molar-refractivity contribution in [1.82, 2.24) is 19.7 Å². The Morgan fingerprint density at radius 2 is 1.95 bits per heavy atom. The summed E-state index contributed by atoms with van der Waals surface area (Å²) in [6, 6.07) is 6.12. The number of hydrogen-bond donors (Lipinski definition) is 1. The van der Waals surface area contributed by atoms with E-state index in [-0.39, 0.29) is 35.6 Å².